The predicted molar refractivity (Wildman–Crippen MR) is 73.5 cm³/mol. The fraction of sp³-hybridized carbons (Fsp3) is 0.0833. The van der Waals surface area contributed by atoms with Crippen molar-refractivity contribution in [2.24, 2.45) is 0 Å². The van der Waals surface area contributed by atoms with Gasteiger partial charge in [-0.05, 0) is 12.1 Å². The monoisotopic (exact) mass is 315 g/mol. The van der Waals surface area contributed by atoms with Gasteiger partial charge in [0.15, 0.2) is 5.15 Å². The van der Waals surface area contributed by atoms with Crippen molar-refractivity contribution in [1.29, 1.82) is 0 Å². The van der Waals surface area contributed by atoms with Gasteiger partial charge in [-0.15, -0.1) is 0 Å². The topological polar surface area (TPSA) is 64.0 Å². The first-order valence-corrected chi connectivity index (χ1v) is 6.19. The Morgan fingerprint density at radius 2 is 2.05 bits per heavy atom. The number of rotatable bonds is 3. The van der Waals surface area contributed by atoms with Gasteiger partial charge < -0.3 is 5.32 Å². The number of nitrogens with zero attached hydrogens (tertiary/aromatic N) is 2. The molecule has 0 bridgehead atoms. The Labute approximate surface area is 123 Å². The van der Waals surface area contributed by atoms with Crippen LogP contribution in [0.4, 0.5) is 10.1 Å². The zero-order valence-corrected chi connectivity index (χ0v) is 11.5. The maximum absolute atomic E-state index is 13.4. The normalized spacial score (nSPS) is 10.3. The summed E-state index contributed by atoms with van der Waals surface area (Å²) >= 11 is 11.2. The van der Waals surface area contributed by atoms with Gasteiger partial charge in [-0.1, -0.05) is 35.3 Å². The number of anilines is 1. The molecule has 2 aromatic rings. The molecule has 1 aromatic heterocycles. The van der Waals surface area contributed by atoms with Crippen LogP contribution in [-0.2, 0) is 11.3 Å². The molecule has 1 N–H and O–H groups in total. The van der Waals surface area contributed by atoms with Crippen LogP contribution in [0, 0.1) is 5.82 Å². The maximum Gasteiger partial charge on any atom is 0.274 e. The summed E-state index contributed by atoms with van der Waals surface area (Å²) in [6.45, 7) is -0.350. The third-order valence-corrected chi connectivity index (χ3v) is 3.13. The Hall–Kier alpha value is -1.92. The zero-order chi connectivity index (χ0) is 14.7. The second-order valence-electron chi connectivity index (χ2n) is 3.81. The fourth-order valence-electron chi connectivity index (χ4n) is 1.46. The number of hydrogen-bond acceptors (Lipinski definition) is 3. The molecule has 0 aliphatic carbocycles. The largest absolute Gasteiger partial charge is 0.322 e. The van der Waals surface area contributed by atoms with Crippen molar-refractivity contribution in [2.75, 3.05) is 5.32 Å². The van der Waals surface area contributed by atoms with Crippen LogP contribution in [0.15, 0.2) is 35.4 Å². The third-order valence-electron chi connectivity index (χ3n) is 2.40. The molecule has 20 heavy (non-hydrogen) atoms. The van der Waals surface area contributed by atoms with Gasteiger partial charge in [0.2, 0.25) is 5.91 Å². The van der Waals surface area contributed by atoms with Crippen LogP contribution in [0.1, 0.15) is 0 Å². The second-order valence-corrected chi connectivity index (χ2v) is 4.55. The van der Waals surface area contributed by atoms with Gasteiger partial charge in [-0.25, -0.2) is 9.37 Å². The van der Waals surface area contributed by atoms with E-state index in [1.54, 1.807) is 6.07 Å². The van der Waals surface area contributed by atoms with E-state index in [1.165, 1.54) is 18.2 Å². The van der Waals surface area contributed by atoms with E-state index >= 15 is 0 Å². The Bertz CT molecular complexity index is 718. The number of aromatic nitrogens is 2. The van der Waals surface area contributed by atoms with Crippen LogP contribution in [-0.4, -0.2) is 15.5 Å². The quantitative estimate of drug-likeness (QED) is 0.884. The van der Waals surface area contributed by atoms with Gasteiger partial charge in [-0.2, -0.15) is 0 Å². The molecule has 1 aromatic carbocycles. The lowest BCUT2D eigenvalue weighted by molar-refractivity contribution is -0.116. The molecule has 1 heterocycles. The summed E-state index contributed by atoms with van der Waals surface area (Å²) in [6.07, 6.45) is 1.09. The lowest BCUT2D eigenvalue weighted by Gasteiger charge is -2.08. The molecule has 0 fully saturated rings. The van der Waals surface area contributed by atoms with Gasteiger partial charge in [-0.3, -0.25) is 14.2 Å². The molecule has 0 radical (unpaired) electrons. The summed E-state index contributed by atoms with van der Waals surface area (Å²) in [4.78, 5) is 27.1. The summed E-state index contributed by atoms with van der Waals surface area (Å²) in [5.74, 6) is -1.15. The number of benzene rings is 1. The Balaban J connectivity index is 2.15. The van der Waals surface area contributed by atoms with Crippen LogP contribution in [0.3, 0.4) is 0 Å². The average molecular weight is 316 g/mol. The number of para-hydroxylation sites is 1. The van der Waals surface area contributed by atoms with Crippen molar-refractivity contribution in [2.45, 2.75) is 6.54 Å². The van der Waals surface area contributed by atoms with E-state index in [0.717, 1.165) is 10.9 Å². The smallest absolute Gasteiger partial charge is 0.274 e. The SMILES string of the molecule is O=C(Cn1cnc(Cl)c(Cl)c1=O)Nc1ccccc1F. The molecule has 0 spiro atoms. The minimum atomic E-state index is -0.643. The molecule has 0 saturated heterocycles. The molecule has 0 aliphatic heterocycles. The number of carbonyl (C=O) groups excluding carboxylic acids is 1. The molecular formula is C12H8Cl2FN3O2. The number of nitrogens with one attached hydrogen (secondary N) is 1. The standard InChI is InChI=1S/C12H8Cl2FN3O2/c13-10-11(14)16-6-18(12(10)20)5-9(19)17-8-4-2-1-3-7(8)15/h1-4,6H,5H2,(H,17,19). The minimum Gasteiger partial charge on any atom is -0.322 e. The van der Waals surface area contributed by atoms with Crippen LogP contribution in [0.5, 0.6) is 0 Å². The molecule has 0 atom stereocenters. The third kappa shape index (κ3) is 3.15. The first-order valence-electron chi connectivity index (χ1n) is 5.44. The maximum atomic E-state index is 13.4. The molecule has 2 rings (SSSR count). The molecule has 0 unspecified atom stereocenters. The van der Waals surface area contributed by atoms with Crippen molar-refractivity contribution in [3.05, 3.63) is 56.9 Å². The highest BCUT2D eigenvalue weighted by atomic mass is 35.5. The highest BCUT2D eigenvalue weighted by Crippen LogP contribution is 2.14. The lowest BCUT2D eigenvalue weighted by atomic mass is 10.3. The van der Waals surface area contributed by atoms with Gasteiger partial charge >= 0.3 is 0 Å². The Morgan fingerprint density at radius 1 is 1.35 bits per heavy atom. The molecular weight excluding hydrogens is 308 g/mol. The summed E-state index contributed by atoms with van der Waals surface area (Å²) in [5, 5.41) is 1.94. The number of amides is 1. The summed E-state index contributed by atoms with van der Waals surface area (Å²) in [7, 11) is 0. The van der Waals surface area contributed by atoms with Crippen LogP contribution in [0.2, 0.25) is 10.2 Å². The molecule has 0 aliphatic rings. The Morgan fingerprint density at radius 3 is 2.75 bits per heavy atom. The van der Waals surface area contributed by atoms with Crippen molar-refractivity contribution in [1.82, 2.24) is 9.55 Å². The molecule has 1 amide bonds. The molecule has 8 heteroatoms. The summed E-state index contributed by atoms with van der Waals surface area (Å²) in [5.41, 5.74) is -0.617. The van der Waals surface area contributed by atoms with Crippen molar-refractivity contribution < 1.29 is 9.18 Å². The second kappa shape index (κ2) is 6.02. The van der Waals surface area contributed by atoms with E-state index in [9.17, 15) is 14.0 Å². The highest BCUT2D eigenvalue weighted by Gasteiger charge is 2.11. The van der Waals surface area contributed by atoms with Crippen molar-refractivity contribution in [3.63, 3.8) is 0 Å². The molecule has 0 saturated carbocycles. The van der Waals surface area contributed by atoms with E-state index in [-0.39, 0.29) is 22.4 Å². The van der Waals surface area contributed by atoms with Crippen LogP contribution in [0.25, 0.3) is 0 Å². The van der Waals surface area contributed by atoms with Gasteiger partial charge in [0.25, 0.3) is 5.56 Å². The minimum absolute atomic E-state index is 0.0265. The molecule has 104 valence electrons. The van der Waals surface area contributed by atoms with E-state index in [1.807, 2.05) is 0 Å². The molecule has 5 nitrogen and oxygen atoms in total. The van der Waals surface area contributed by atoms with Crippen LogP contribution < -0.4 is 10.9 Å². The first-order chi connectivity index (χ1) is 9.49. The lowest BCUT2D eigenvalue weighted by Crippen LogP contribution is -2.28. The van der Waals surface area contributed by atoms with Crippen molar-refractivity contribution in [3.8, 4) is 0 Å². The summed E-state index contributed by atoms with van der Waals surface area (Å²) < 4.78 is 14.3. The van der Waals surface area contributed by atoms with Gasteiger partial charge in [0.05, 0.1) is 12.0 Å². The highest BCUT2D eigenvalue weighted by molar-refractivity contribution is 6.40. The first kappa shape index (κ1) is 14.5. The number of carbonyl (C=O) groups is 1. The zero-order valence-electron chi connectivity index (χ0n) is 9.94. The van der Waals surface area contributed by atoms with Gasteiger partial charge in [0, 0.05) is 0 Å². The average Bonchev–Trinajstić information content (AvgIpc) is 2.42. The fourth-order valence-corrected chi connectivity index (χ4v) is 1.75. The van der Waals surface area contributed by atoms with E-state index in [2.05, 4.69) is 10.3 Å². The predicted octanol–water partition coefficient (Wildman–Crippen LogP) is 2.33. The van der Waals surface area contributed by atoms with Gasteiger partial charge in [0.1, 0.15) is 17.4 Å². The van der Waals surface area contributed by atoms with E-state index in [0.29, 0.717) is 0 Å². The summed E-state index contributed by atoms with van der Waals surface area (Å²) in [6, 6.07) is 5.69. The van der Waals surface area contributed by atoms with Crippen LogP contribution >= 0.6 is 23.2 Å². The van der Waals surface area contributed by atoms with E-state index in [4.69, 9.17) is 23.2 Å². The number of halogens is 3. The van der Waals surface area contributed by atoms with E-state index < -0.39 is 17.3 Å². The number of hydrogen-bond donors (Lipinski definition) is 1. The van der Waals surface area contributed by atoms with Crippen molar-refractivity contribution >= 4 is 34.8 Å². The Kier molecular flexibility index (Phi) is 4.36.